The molecule has 0 fully saturated rings. The van der Waals surface area contributed by atoms with E-state index in [-0.39, 0.29) is 6.04 Å². The van der Waals surface area contributed by atoms with Gasteiger partial charge in [0.2, 0.25) is 0 Å². The van der Waals surface area contributed by atoms with Crippen LogP contribution < -0.4 is 5.32 Å². The predicted molar refractivity (Wildman–Crippen MR) is 81.2 cm³/mol. The molecular formula is C16H25N3. The molecule has 0 saturated heterocycles. The molecule has 1 heterocycles. The second-order valence-electron chi connectivity index (χ2n) is 6.50. The fourth-order valence-corrected chi connectivity index (χ4v) is 2.31. The number of fused-ring (bicyclic) bond motifs is 1. The molecule has 3 heteroatoms. The minimum Gasteiger partial charge on any atom is -0.330 e. The maximum absolute atomic E-state index is 4.73. The zero-order valence-electron chi connectivity index (χ0n) is 12.7. The van der Waals surface area contributed by atoms with Crippen LogP contribution in [-0.2, 0) is 7.05 Å². The Morgan fingerprint density at radius 3 is 2.58 bits per heavy atom. The monoisotopic (exact) mass is 259 g/mol. The molecule has 0 aliphatic rings. The Hall–Kier alpha value is -1.35. The lowest BCUT2D eigenvalue weighted by Gasteiger charge is -2.20. The highest BCUT2D eigenvalue weighted by Crippen LogP contribution is 2.21. The standard InChI is InChI=1S/C16H25N3/c1-12(17-11-10-16(2,3)4)15-18-13-8-6-7-9-14(13)19(15)5/h6-9,12,17H,10-11H2,1-5H3. The molecular weight excluding hydrogens is 234 g/mol. The summed E-state index contributed by atoms with van der Waals surface area (Å²) < 4.78 is 2.18. The number of nitrogens with one attached hydrogen (secondary N) is 1. The van der Waals surface area contributed by atoms with Crippen LogP contribution >= 0.6 is 0 Å². The molecule has 0 amide bonds. The van der Waals surface area contributed by atoms with Crippen LogP contribution in [0.2, 0.25) is 0 Å². The number of imidazole rings is 1. The van der Waals surface area contributed by atoms with E-state index in [1.165, 1.54) is 11.9 Å². The average Bonchev–Trinajstić information content (AvgIpc) is 2.66. The number of hydrogen-bond acceptors (Lipinski definition) is 2. The highest BCUT2D eigenvalue weighted by Gasteiger charge is 2.15. The van der Waals surface area contributed by atoms with Gasteiger partial charge in [-0.05, 0) is 37.4 Å². The molecule has 0 aliphatic carbocycles. The molecule has 2 rings (SSSR count). The Kier molecular flexibility index (Phi) is 3.95. The summed E-state index contributed by atoms with van der Waals surface area (Å²) in [5.41, 5.74) is 2.64. The van der Waals surface area contributed by atoms with Crippen LogP contribution in [0.3, 0.4) is 0 Å². The molecule has 0 radical (unpaired) electrons. The van der Waals surface area contributed by atoms with E-state index in [0.29, 0.717) is 5.41 Å². The van der Waals surface area contributed by atoms with Gasteiger partial charge in [-0.1, -0.05) is 32.9 Å². The average molecular weight is 259 g/mol. The Labute approximate surface area is 116 Å². The summed E-state index contributed by atoms with van der Waals surface area (Å²) in [6.07, 6.45) is 1.17. The minimum absolute atomic E-state index is 0.278. The van der Waals surface area contributed by atoms with E-state index in [1.807, 2.05) is 6.07 Å². The molecule has 0 spiro atoms. The molecule has 104 valence electrons. The first kappa shape index (κ1) is 14.1. The van der Waals surface area contributed by atoms with Crippen molar-refractivity contribution in [2.24, 2.45) is 12.5 Å². The molecule has 3 nitrogen and oxygen atoms in total. The Morgan fingerprint density at radius 2 is 1.95 bits per heavy atom. The topological polar surface area (TPSA) is 29.9 Å². The van der Waals surface area contributed by atoms with Gasteiger partial charge in [0.25, 0.3) is 0 Å². The van der Waals surface area contributed by atoms with Crippen LogP contribution in [0.1, 0.15) is 46.0 Å². The van der Waals surface area contributed by atoms with Gasteiger partial charge in [-0.3, -0.25) is 0 Å². The van der Waals surface area contributed by atoms with E-state index >= 15 is 0 Å². The maximum Gasteiger partial charge on any atom is 0.126 e. The first-order valence-corrected chi connectivity index (χ1v) is 7.03. The molecule has 19 heavy (non-hydrogen) atoms. The summed E-state index contributed by atoms with van der Waals surface area (Å²) in [6, 6.07) is 8.57. The zero-order valence-corrected chi connectivity index (χ0v) is 12.7. The zero-order chi connectivity index (χ0) is 14.0. The molecule has 0 saturated carbocycles. The van der Waals surface area contributed by atoms with Gasteiger partial charge in [-0.15, -0.1) is 0 Å². The largest absolute Gasteiger partial charge is 0.330 e. The number of aromatic nitrogens is 2. The van der Waals surface area contributed by atoms with Crippen LogP contribution in [0.15, 0.2) is 24.3 Å². The Bertz CT molecular complexity index is 549. The van der Waals surface area contributed by atoms with Crippen LogP contribution in [0.4, 0.5) is 0 Å². The quantitative estimate of drug-likeness (QED) is 0.908. The van der Waals surface area contributed by atoms with Gasteiger partial charge < -0.3 is 9.88 Å². The fourth-order valence-electron chi connectivity index (χ4n) is 2.31. The third-order valence-electron chi connectivity index (χ3n) is 3.53. The van der Waals surface area contributed by atoms with Crippen molar-refractivity contribution >= 4 is 11.0 Å². The third-order valence-corrected chi connectivity index (χ3v) is 3.53. The SMILES string of the molecule is CC(NCCC(C)(C)C)c1nc2ccccc2n1C. The minimum atomic E-state index is 0.278. The van der Waals surface area contributed by atoms with Gasteiger partial charge in [0.1, 0.15) is 5.82 Å². The van der Waals surface area contributed by atoms with Gasteiger partial charge in [0.05, 0.1) is 17.1 Å². The van der Waals surface area contributed by atoms with E-state index < -0.39 is 0 Å². The number of hydrogen-bond donors (Lipinski definition) is 1. The Balaban J connectivity index is 2.09. The van der Waals surface area contributed by atoms with Gasteiger partial charge in [-0.2, -0.15) is 0 Å². The number of benzene rings is 1. The van der Waals surface area contributed by atoms with E-state index in [1.54, 1.807) is 0 Å². The second kappa shape index (κ2) is 5.33. The van der Waals surface area contributed by atoms with Crippen LogP contribution in [-0.4, -0.2) is 16.1 Å². The lowest BCUT2D eigenvalue weighted by atomic mass is 9.92. The van der Waals surface area contributed by atoms with Crippen molar-refractivity contribution in [3.05, 3.63) is 30.1 Å². The summed E-state index contributed by atoms with van der Waals surface area (Å²) >= 11 is 0. The first-order chi connectivity index (χ1) is 8.88. The van der Waals surface area contributed by atoms with Crippen molar-refractivity contribution in [2.75, 3.05) is 6.54 Å². The summed E-state index contributed by atoms with van der Waals surface area (Å²) in [5.74, 6) is 1.11. The normalized spacial score (nSPS) is 13.9. The van der Waals surface area contributed by atoms with E-state index in [0.717, 1.165) is 17.9 Å². The van der Waals surface area contributed by atoms with Crippen LogP contribution in [0.5, 0.6) is 0 Å². The summed E-state index contributed by atoms with van der Waals surface area (Å²) in [5, 5.41) is 3.57. The third kappa shape index (κ3) is 3.35. The van der Waals surface area contributed by atoms with Crippen molar-refractivity contribution in [3.8, 4) is 0 Å². The van der Waals surface area contributed by atoms with Crippen LogP contribution in [0.25, 0.3) is 11.0 Å². The molecule has 0 aliphatic heterocycles. The number of aryl methyl sites for hydroxylation is 1. The number of rotatable bonds is 4. The Morgan fingerprint density at radius 1 is 1.26 bits per heavy atom. The first-order valence-electron chi connectivity index (χ1n) is 7.03. The smallest absolute Gasteiger partial charge is 0.126 e. The van der Waals surface area contributed by atoms with E-state index in [2.05, 4.69) is 62.8 Å². The molecule has 2 aromatic rings. The van der Waals surface area contributed by atoms with Gasteiger partial charge in [-0.25, -0.2) is 4.98 Å². The summed E-state index contributed by atoms with van der Waals surface area (Å²) in [4.78, 5) is 4.73. The van der Waals surface area contributed by atoms with E-state index in [4.69, 9.17) is 4.98 Å². The summed E-state index contributed by atoms with van der Waals surface area (Å²) in [6.45, 7) is 10.0. The number of nitrogens with zero attached hydrogens (tertiary/aromatic N) is 2. The van der Waals surface area contributed by atoms with Crippen molar-refractivity contribution in [3.63, 3.8) is 0 Å². The molecule has 0 bridgehead atoms. The molecule has 1 unspecified atom stereocenters. The molecule has 1 aromatic heterocycles. The molecule has 1 aromatic carbocycles. The van der Waals surface area contributed by atoms with Crippen molar-refractivity contribution in [1.82, 2.24) is 14.9 Å². The van der Waals surface area contributed by atoms with Crippen LogP contribution in [0, 0.1) is 5.41 Å². The van der Waals surface area contributed by atoms with Gasteiger partial charge in [0, 0.05) is 7.05 Å². The number of para-hydroxylation sites is 2. The fraction of sp³-hybridized carbons (Fsp3) is 0.562. The lowest BCUT2D eigenvalue weighted by molar-refractivity contribution is 0.355. The van der Waals surface area contributed by atoms with Crippen molar-refractivity contribution < 1.29 is 0 Å². The molecule has 1 N–H and O–H groups in total. The summed E-state index contributed by atoms with van der Waals surface area (Å²) in [7, 11) is 2.09. The van der Waals surface area contributed by atoms with E-state index in [9.17, 15) is 0 Å². The maximum atomic E-state index is 4.73. The van der Waals surface area contributed by atoms with Crippen molar-refractivity contribution in [1.29, 1.82) is 0 Å². The van der Waals surface area contributed by atoms with Gasteiger partial charge >= 0.3 is 0 Å². The highest BCUT2D eigenvalue weighted by molar-refractivity contribution is 5.75. The second-order valence-corrected chi connectivity index (χ2v) is 6.50. The van der Waals surface area contributed by atoms with Gasteiger partial charge in [0.15, 0.2) is 0 Å². The highest BCUT2D eigenvalue weighted by atomic mass is 15.1. The van der Waals surface area contributed by atoms with Crippen molar-refractivity contribution in [2.45, 2.75) is 40.2 Å². The lowest BCUT2D eigenvalue weighted by Crippen LogP contribution is -2.25. The predicted octanol–water partition coefficient (Wildman–Crippen LogP) is 3.66. The molecule has 1 atom stereocenters.